The van der Waals surface area contributed by atoms with Crippen molar-refractivity contribution in [2.75, 3.05) is 16.3 Å². The number of hydrogen-bond donors (Lipinski definition) is 2. The van der Waals surface area contributed by atoms with Crippen LogP contribution in [0, 0.1) is 0 Å². The molecule has 0 bridgehead atoms. The highest BCUT2D eigenvalue weighted by Gasteiger charge is 2.15. The summed E-state index contributed by atoms with van der Waals surface area (Å²) in [7, 11) is -3.46. The third-order valence-electron chi connectivity index (χ3n) is 2.52. The van der Waals surface area contributed by atoms with Gasteiger partial charge in [0.15, 0.2) is 0 Å². The van der Waals surface area contributed by atoms with Gasteiger partial charge < -0.3 is 5.32 Å². The first kappa shape index (κ1) is 16.7. The van der Waals surface area contributed by atoms with Crippen LogP contribution in [0.25, 0.3) is 0 Å². The maximum atomic E-state index is 12.3. The first-order valence-corrected chi connectivity index (χ1v) is 9.02. The van der Waals surface area contributed by atoms with Gasteiger partial charge in [0.1, 0.15) is 5.15 Å². The molecule has 2 N–H and O–H groups in total. The molecule has 0 aliphatic rings. The Labute approximate surface area is 141 Å². The molecule has 2 rings (SSSR count). The number of aromatic nitrogens is 1. The number of carbonyl (C=O) groups excluding carboxylic acids is 1. The number of nitrogens with one attached hydrogen (secondary N) is 2. The molecule has 2 aromatic rings. The van der Waals surface area contributed by atoms with Gasteiger partial charge in [0.25, 0.3) is 5.91 Å². The van der Waals surface area contributed by atoms with Gasteiger partial charge in [-0.3, -0.25) is 9.52 Å². The quantitative estimate of drug-likeness (QED) is 0.766. The van der Waals surface area contributed by atoms with Crippen molar-refractivity contribution >= 4 is 54.8 Å². The van der Waals surface area contributed by atoms with Crippen molar-refractivity contribution in [3.8, 4) is 0 Å². The maximum absolute atomic E-state index is 12.3. The van der Waals surface area contributed by atoms with E-state index in [4.69, 9.17) is 11.6 Å². The maximum Gasteiger partial charge on any atom is 0.258 e. The molecule has 0 saturated carbocycles. The molecule has 0 saturated heterocycles. The minimum absolute atomic E-state index is 0.0502. The van der Waals surface area contributed by atoms with E-state index in [0.717, 1.165) is 6.26 Å². The summed E-state index contributed by atoms with van der Waals surface area (Å²) in [5.74, 6) is -0.499. The van der Waals surface area contributed by atoms with E-state index in [2.05, 4.69) is 31.0 Å². The van der Waals surface area contributed by atoms with Gasteiger partial charge in [0.05, 0.1) is 23.2 Å². The van der Waals surface area contributed by atoms with E-state index in [1.54, 1.807) is 18.2 Å². The Hall–Kier alpha value is -1.64. The number of carbonyl (C=O) groups is 1. The van der Waals surface area contributed by atoms with Crippen molar-refractivity contribution in [3.05, 3.63) is 51.7 Å². The molecule has 0 aliphatic carbocycles. The summed E-state index contributed by atoms with van der Waals surface area (Å²) in [4.78, 5) is 16.1. The minimum Gasteiger partial charge on any atom is -0.320 e. The van der Waals surface area contributed by atoms with Gasteiger partial charge in [-0.05, 0) is 34.1 Å². The topological polar surface area (TPSA) is 88.2 Å². The Morgan fingerprint density at radius 1 is 1.27 bits per heavy atom. The molecule has 0 atom stereocenters. The number of anilines is 2. The SMILES string of the molecule is CS(=O)(=O)Nc1ccccc1NC(=O)c1cc(Br)cnc1Cl. The Balaban J connectivity index is 2.31. The predicted octanol–water partition coefficient (Wildman–Crippen LogP) is 3.12. The minimum atomic E-state index is -3.46. The molecular weight excluding hydrogens is 394 g/mol. The van der Waals surface area contributed by atoms with Crippen LogP contribution < -0.4 is 10.0 Å². The number of nitrogens with zero attached hydrogens (tertiary/aromatic N) is 1. The van der Waals surface area contributed by atoms with Gasteiger partial charge in [-0.2, -0.15) is 0 Å². The normalized spacial score (nSPS) is 11.0. The highest BCUT2D eigenvalue weighted by atomic mass is 79.9. The number of amides is 1. The van der Waals surface area contributed by atoms with Gasteiger partial charge in [0.2, 0.25) is 10.0 Å². The Morgan fingerprint density at radius 3 is 2.55 bits per heavy atom. The molecule has 22 heavy (non-hydrogen) atoms. The van der Waals surface area contributed by atoms with E-state index in [0.29, 0.717) is 10.2 Å². The second-order valence-electron chi connectivity index (χ2n) is 4.37. The summed E-state index contributed by atoms with van der Waals surface area (Å²) in [6, 6.07) is 7.96. The largest absolute Gasteiger partial charge is 0.320 e. The molecule has 116 valence electrons. The fourth-order valence-electron chi connectivity index (χ4n) is 1.65. The van der Waals surface area contributed by atoms with Crippen LogP contribution in [0.2, 0.25) is 5.15 Å². The summed E-state index contributed by atoms with van der Waals surface area (Å²) in [6.07, 6.45) is 2.50. The van der Waals surface area contributed by atoms with Gasteiger partial charge in [-0.25, -0.2) is 13.4 Å². The number of halogens is 2. The first-order chi connectivity index (χ1) is 10.3. The molecular formula is C13H11BrClN3O3S. The van der Waals surface area contributed by atoms with E-state index >= 15 is 0 Å². The van der Waals surface area contributed by atoms with Crippen LogP contribution in [0.15, 0.2) is 41.0 Å². The lowest BCUT2D eigenvalue weighted by Gasteiger charge is -2.12. The number of hydrogen-bond acceptors (Lipinski definition) is 4. The van der Waals surface area contributed by atoms with E-state index < -0.39 is 15.9 Å². The molecule has 9 heteroatoms. The van der Waals surface area contributed by atoms with Crippen molar-refractivity contribution < 1.29 is 13.2 Å². The van der Waals surface area contributed by atoms with E-state index in [-0.39, 0.29) is 16.4 Å². The van der Waals surface area contributed by atoms with Crippen molar-refractivity contribution in [1.29, 1.82) is 0 Å². The van der Waals surface area contributed by atoms with Gasteiger partial charge in [-0.15, -0.1) is 0 Å². The van der Waals surface area contributed by atoms with Gasteiger partial charge >= 0.3 is 0 Å². The van der Waals surface area contributed by atoms with Crippen LogP contribution in [0.4, 0.5) is 11.4 Å². The van der Waals surface area contributed by atoms with E-state index in [1.165, 1.54) is 18.3 Å². The average Bonchev–Trinajstić information content (AvgIpc) is 2.42. The zero-order valence-corrected chi connectivity index (χ0v) is 14.5. The smallest absolute Gasteiger partial charge is 0.258 e. The summed E-state index contributed by atoms with van der Waals surface area (Å²) in [6.45, 7) is 0. The second kappa shape index (κ2) is 6.64. The fraction of sp³-hybridized carbons (Fsp3) is 0.0769. The molecule has 1 heterocycles. The molecule has 6 nitrogen and oxygen atoms in total. The Kier molecular flexibility index (Phi) is 5.05. The van der Waals surface area contributed by atoms with E-state index in [1.807, 2.05) is 0 Å². The Bertz CT molecular complexity index is 827. The van der Waals surface area contributed by atoms with Crippen molar-refractivity contribution in [2.24, 2.45) is 0 Å². The molecule has 0 spiro atoms. The van der Waals surface area contributed by atoms with Crippen LogP contribution in [0.5, 0.6) is 0 Å². The zero-order valence-electron chi connectivity index (χ0n) is 11.3. The number of pyridine rings is 1. The van der Waals surface area contributed by atoms with Gasteiger partial charge in [-0.1, -0.05) is 23.7 Å². The van der Waals surface area contributed by atoms with E-state index in [9.17, 15) is 13.2 Å². The number of benzene rings is 1. The van der Waals surface area contributed by atoms with Crippen molar-refractivity contribution in [2.45, 2.75) is 0 Å². The molecule has 1 aromatic carbocycles. The average molecular weight is 405 g/mol. The number of rotatable bonds is 4. The fourth-order valence-corrected chi connectivity index (χ4v) is 2.75. The van der Waals surface area contributed by atoms with Crippen LogP contribution >= 0.6 is 27.5 Å². The molecule has 1 aromatic heterocycles. The van der Waals surface area contributed by atoms with Crippen molar-refractivity contribution in [1.82, 2.24) is 4.98 Å². The summed E-state index contributed by atoms with van der Waals surface area (Å²) >= 11 is 9.11. The summed E-state index contributed by atoms with van der Waals surface area (Å²) in [5, 5.41) is 2.66. The van der Waals surface area contributed by atoms with Crippen LogP contribution in [0.3, 0.4) is 0 Å². The molecule has 1 amide bonds. The summed E-state index contributed by atoms with van der Waals surface area (Å²) in [5.41, 5.74) is 0.747. The van der Waals surface area contributed by atoms with Crippen LogP contribution in [0.1, 0.15) is 10.4 Å². The lowest BCUT2D eigenvalue weighted by molar-refractivity contribution is 0.102. The third-order valence-corrected chi connectivity index (χ3v) is 3.85. The second-order valence-corrected chi connectivity index (χ2v) is 7.39. The zero-order chi connectivity index (χ0) is 16.3. The highest BCUT2D eigenvalue weighted by molar-refractivity contribution is 9.10. The number of para-hydroxylation sites is 2. The van der Waals surface area contributed by atoms with Crippen LogP contribution in [-0.2, 0) is 10.0 Å². The molecule has 0 fully saturated rings. The van der Waals surface area contributed by atoms with Gasteiger partial charge in [0, 0.05) is 10.7 Å². The predicted molar refractivity (Wildman–Crippen MR) is 89.8 cm³/mol. The lowest BCUT2D eigenvalue weighted by Crippen LogP contribution is -2.16. The molecule has 0 aliphatic heterocycles. The molecule has 0 unspecified atom stereocenters. The van der Waals surface area contributed by atoms with Crippen molar-refractivity contribution in [3.63, 3.8) is 0 Å². The first-order valence-electron chi connectivity index (χ1n) is 5.95. The Morgan fingerprint density at radius 2 is 1.91 bits per heavy atom. The summed E-state index contributed by atoms with van der Waals surface area (Å²) < 4.78 is 25.6. The highest BCUT2D eigenvalue weighted by Crippen LogP contribution is 2.24. The third kappa shape index (κ3) is 4.43. The van der Waals surface area contributed by atoms with Crippen LogP contribution in [-0.4, -0.2) is 25.6 Å². The monoisotopic (exact) mass is 403 g/mol. The standard InChI is InChI=1S/C13H11BrClN3O3S/c1-22(20,21)18-11-5-3-2-4-10(11)17-13(19)9-6-8(14)7-16-12(9)15/h2-7,18H,1H3,(H,17,19). The molecule has 0 radical (unpaired) electrons. The lowest BCUT2D eigenvalue weighted by atomic mass is 10.2. The number of sulfonamides is 1.